The van der Waals surface area contributed by atoms with Crippen molar-refractivity contribution in [3.8, 4) is 16.9 Å². The molecule has 0 aromatic heterocycles. The van der Waals surface area contributed by atoms with Gasteiger partial charge in [0.15, 0.2) is 0 Å². The molecule has 3 aromatic carbocycles. The van der Waals surface area contributed by atoms with Crippen molar-refractivity contribution < 1.29 is 32.7 Å². The lowest BCUT2D eigenvalue weighted by Gasteiger charge is -2.17. The van der Waals surface area contributed by atoms with Crippen LogP contribution in [0.4, 0.5) is 19.3 Å². The van der Waals surface area contributed by atoms with Gasteiger partial charge in [-0.2, -0.15) is 4.90 Å². The largest absolute Gasteiger partial charge is 0.496 e. The summed E-state index contributed by atoms with van der Waals surface area (Å²) in [5.41, 5.74) is 0.302. The maximum absolute atomic E-state index is 14.0. The van der Waals surface area contributed by atoms with E-state index in [0.717, 1.165) is 23.8 Å². The van der Waals surface area contributed by atoms with E-state index in [0.29, 0.717) is 16.2 Å². The van der Waals surface area contributed by atoms with Crippen molar-refractivity contribution in [1.29, 1.82) is 0 Å². The molecule has 1 fully saturated rings. The number of carbonyl (C=O) groups is 4. The molecule has 1 aliphatic heterocycles. The van der Waals surface area contributed by atoms with E-state index in [9.17, 15) is 28.0 Å². The van der Waals surface area contributed by atoms with Crippen LogP contribution in [0.2, 0.25) is 0 Å². The molecule has 3 aromatic rings. The maximum Gasteiger partial charge on any atom is 0.346 e. The Kier molecular flexibility index (Phi) is 5.23. The summed E-state index contributed by atoms with van der Waals surface area (Å²) < 4.78 is 33.4. The standard InChI is InChI=1S/C23H14F2N2O5/c1-32-18-12-14(10-11-15(18)13-6-3-2-4-7-13)26-21(29)22(30)27(23(26)31)20(28)19-16(24)8-5-9-17(19)25/h2-12H,1H3. The first kappa shape index (κ1) is 20.9. The molecule has 32 heavy (non-hydrogen) atoms. The number of nitrogens with zero attached hydrogens (tertiary/aromatic N) is 2. The van der Waals surface area contributed by atoms with Crippen molar-refractivity contribution in [1.82, 2.24) is 4.90 Å². The molecular weight excluding hydrogens is 422 g/mol. The number of benzene rings is 3. The number of rotatable bonds is 4. The molecule has 0 unspecified atom stereocenters. The number of ether oxygens (including phenoxy) is 1. The Hall–Kier alpha value is -4.40. The van der Waals surface area contributed by atoms with Gasteiger partial charge in [-0.15, -0.1) is 0 Å². The van der Waals surface area contributed by atoms with Crippen LogP contribution < -0.4 is 9.64 Å². The first-order chi connectivity index (χ1) is 15.3. The highest BCUT2D eigenvalue weighted by atomic mass is 19.1. The van der Waals surface area contributed by atoms with Crippen molar-refractivity contribution in [2.24, 2.45) is 0 Å². The van der Waals surface area contributed by atoms with Crippen LogP contribution >= 0.6 is 0 Å². The van der Waals surface area contributed by atoms with Gasteiger partial charge in [0, 0.05) is 11.6 Å². The molecule has 9 heteroatoms. The Bertz CT molecular complexity index is 1260. The minimum atomic E-state index is -1.57. The average molecular weight is 436 g/mol. The third kappa shape index (κ3) is 3.29. The van der Waals surface area contributed by atoms with Gasteiger partial charge in [-0.25, -0.2) is 18.5 Å². The third-order valence-corrected chi connectivity index (χ3v) is 4.88. The molecule has 0 atom stereocenters. The minimum Gasteiger partial charge on any atom is -0.496 e. The summed E-state index contributed by atoms with van der Waals surface area (Å²) in [5.74, 6) is -6.67. The highest BCUT2D eigenvalue weighted by molar-refractivity contribution is 6.56. The van der Waals surface area contributed by atoms with Crippen molar-refractivity contribution in [3.63, 3.8) is 0 Å². The van der Waals surface area contributed by atoms with E-state index >= 15 is 0 Å². The Morgan fingerprint density at radius 1 is 0.844 bits per heavy atom. The normalized spacial score (nSPS) is 13.7. The fourth-order valence-corrected chi connectivity index (χ4v) is 3.36. The molecule has 0 radical (unpaired) electrons. The van der Waals surface area contributed by atoms with Crippen LogP contribution in [0.3, 0.4) is 0 Å². The average Bonchev–Trinajstić information content (AvgIpc) is 3.01. The van der Waals surface area contributed by atoms with Crippen LogP contribution in [0.25, 0.3) is 11.1 Å². The number of methoxy groups -OCH3 is 1. The lowest BCUT2D eigenvalue weighted by atomic mass is 10.0. The van der Waals surface area contributed by atoms with Crippen LogP contribution in [0.5, 0.6) is 5.75 Å². The lowest BCUT2D eigenvalue weighted by Crippen LogP contribution is -2.39. The van der Waals surface area contributed by atoms with Gasteiger partial charge in [-0.3, -0.25) is 14.4 Å². The highest BCUT2D eigenvalue weighted by Crippen LogP contribution is 2.35. The molecule has 1 aliphatic rings. The highest BCUT2D eigenvalue weighted by Gasteiger charge is 2.50. The van der Waals surface area contributed by atoms with Gasteiger partial charge >= 0.3 is 17.8 Å². The summed E-state index contributed by atoms with van der Waals surface area (Å²) in [4.78, 5) is 50.7. The van der Waals surface area contributed by atoms with E-state index in [-0.39, 0.29) is 10.6 Å². The number of hydrogen-bond acceptors (Lipinski definition) is 5. The van der Waals surface area contributed by atoms with Gasteiger partial charge in [-0.1, -0.05) is 36.4 Å². The molecule has 160 valence electrons. The SMILES string of the molecule is COc1cc(N2C(=O)C(=O)N(C(=O)c3c(F)cccc3F)C2=O)ccc1-c1ccccc1. The van der Waals surface area contributed by atoms with Crippen LogP contribution in [0.1, 0.15) is 10.4 Å². The first-order valence-electron chi connectivity index (χ1n) is 9.29. The molecule has 0 saturated carbocycles. The summed E-state index contributed by atoms with van der Waals surface area (Å²) in [6.45, 7) is 0. The van der Waals surface area contributed by atoms with E-state index in [1.807, 2.05) is 30.3 Å². The fourth-order valence-electron chi connectivity index (χ4n) is 3.36. The first-order valence-corrected chi connectivity index (χ1v) is 9.29. The topological polar surface area (TPSA) is 84.0 Å². The quantitative estimate of drug-likeness (QED) is 0.353. The van der Waals surface area contributed by atoms with E-state index in [1.165, 1.54) is 19.2 Å². The zero-order valence-corrected chi connectivity index (χ0v) is 16.5. The fraction of sp³-hybridized carbons (Fsp3) is 0.0435. The van der Waals surface area contributed by atoms with Crippen LogP contribution in [0, 0.1) is 11.6 Å². The molecule has 7 nitrogen and oxygen atoms in total. The van der Waals surface area contributed by atoms with Crippen LogP contribution in [0.15, 0.2) is 66.7 Å². The predicted molar refractivity (Wildman–Crippen MR) is 109 cm³/mol. The summed E-state index contributed by atoms with van der Waals surface area (Å²) in [6, 6.07) is 14.7. The van der Waals surface area contributed by atoms with Gasteiger partial charge < -0.3 is 4.74 Å². The monoisotopic (exact) mass is 436 g/mol. The van der Waals surface area contributed by atoms with E-state index in [2.05, 4.69) is 0 Å². The molecule has 1 heterocycles. The number of carbonyl (C=O) groups excluding carboxylic acids is 4. The molecule has 5 amide bonds. The summed E-state index contributed by atoms with van der Waals surface area (Å²) >= 11 is 0. The Morgan fingerprint density at radius 2 is 1.50 bits per heavy atom. The van der Waals surface area contributed by atoms with E-state index in [1.54, 1.807) is 6.07 Å². The van der Waals surface area contributed by atoms with Crippen LogP contribution in [-0.2, 0) is 9.59 Å². The second kappa shape index (κ2) is 8.03. The van der Waals surface area contributed by atoms with Gasteiger partial charge in [0.05, 0.1) is 12.8 Å². The molecule has 0 aliphatic carbocycles. The number of halogens is 2. The number of urea groups is 1. The van der Waals surface area contributed by atoms with Crippen molar-refractivity contribution in [2.45, 2.75) is 0 Å². The Balaban J connectivity index is 1.73. The second-order valence-corrected chi connectivity index (χ2v) is 6.72. The molecule has 4 rings (SSSR count). The number of hydrogen-bond donors (Lipinski definition) is 0. The number of amides is 5. The molecule has 0 N–H and O–H groups in total. The molecule has 1 saturated heterocycles. The van der Waals surface area contributed by atoms with Crippen molar-refractivity contribution in [3.05, 3.63) is 83.9 Å². The summed E-state index contributed by atoms with van der Waals surface area (Å²) in [6.07, 6.45) is 0. The minimum absolute atomic E-state index is 0.0470. The van der Waals surface area contributed by atoms with Gasteiger partial charge in [0.2, 0.25) is 0 Å². The van der Waals surface area contributed by atoms with Gasteiger partial charge in [0.25, 0.3) is 5.91 Å². The summed E-state index contributed by atoms with van der Waals surface area (Å²) in [5, 5.41) is 0. The zero-order chi connectivity index (χ0) is 23.0. The van der Waals surface area contributed by atoms with E-state index < -0.39 is 41.0 Å². The van der Waals surface area contributed by atoms with Gasteiger partial charge in [-0.05, 0) is 29.8 Å². The zero-order valence-electron chi connectivity index (χ0n) is 16.5. The van der Waals surface area contributed by atoms with E-state index in [4.69, 9.17) is 4.74 Å². The Morgan fingerprint density at radius 3 is 2.12 bits per heavy atom. The number of imide groups is 4. The van der Waals surface area contributed by atoms with Gasteiger partial charge in [0.1, 0.15) is 22.9 Å². The molecule has 0 spiro atoms. The van der Waals surface area contributed by atoms with Crippen LogP contribution in [-0.4, -0.2) is 35.8 Å². The molecular formula is C23H14F2N2O5. The van der Waals surface area contributed by atoms with Crippen molar-refractivity contribution >= 4 is 29.4 Å². The second-order valence-electron chi connectivity index (χ2n) is 6.72. The summed E-state index contributed by atoms with van der Waals surface area (Å²) in [7, 11) is 1.39. The van der Waals surface area contributed by atoms with Crippen molar-refractivity contribution in [2.75, 3.05) is 12.0 Å². The maximum atomic E-state index is 14.0. The molecule has 0 bridgehead atoms. The lowest BCUT2D eigenvalue weighted by molar-refractivity contribution is -0.138. The Labute approximate surface area is 180 Å². The predicted octanol–water partition coefficient (Wildman–Crippen LogP) is 3.78. The smallest absolute Gasteiger partial charge is 0.346 e. The number of anilines is 1. The third-order valence-electron chi connectivity index (χ3n) is 4.88.